The minimum atomic E-state index is -0.0571. The first-order chi connectivity index (χ1) is 12.5. The predicted octanol–water partition coefficient (Wildman–Crippen LogP) is 4.02. The third-order valence-electron chi connectivity index (χ3n) is 5.60. The SMILES string of the molecule is COc1cc(Cl)c(C)cc1NC(=O)C1CCC(C(=O)N2CCCC2)CC1. The second-order valence-electron chi connectivity index (χ2n) is 7.37. The second kappa shape index (κ2) is 8.30. The van der Waals surface area contributed by atoms with Crippen molar-refractivity contribution in [2.24, 2.45) is 11.8 Å². The van der Waals surface area contributed by atoms with Crippen molar-refractivity contribution in [2.75, 3.05) is 25.5 Å². The van der Waals surface area contributed by atoms with Crippen LogP contribution in [0.15, 0.2) is 12.1 Å². The number of carbonyl (C=O) groups is 2. The Bertz CT molecular complexity index is 678. The van der Waals surface area contributed by atoms with Gasteiger partial charge in [-0.15, -0.1) is 0 Å². The molecule has 1 aromatic carbocycles. The summed E-state index contributed by atoms with van der Waals surface area (Å²) in [5.74, 6) is 0.878. The van der Waals surface area contributed by atoms with E-state index in [4.69, 9.17) is 16.3 Å². The highest BCUT2D eigenvalue weighted by molar-refractivity contribution is 6.31. The molecular weight excluding hydrogens is 352 g/mol. The van der Waals surface area contributed by atoms with Crippen molar-refractivity contribution in [3.8, 4) is 5.75 Å². The highest BCUT2D eigenvalue weighted by atomic mass is 35.5. The van der Waals surface area contributed by atoms with Crippen LogP contribution in [-0.2, 0) is 9.59 Å². The standard InChI is InChI=1S/C20H27ClN2O3/c1-13-11-17(18(26-2)12-16(13)21)22-19(24)14-5-7-15(8-6-14)20(25)23-9-3-4-10-23/h11-12,14-15H,3-10H2,1-2H3,(H,22,24). The Hall–Kier alpha value is -1.75. The van der Waals surface area contributed by atoms with Gasteiger partial charge in [-0.25, -0.2) is 0 Å². The van der Waals surface area contributed by atoms with Gasteiger partial charge in [0.1, 0.15) is 5.75 Å². The molecule has 0 radical (unpaired) electrons. The smallest absolute Gasteiger partial charge is 0.227 e. The monoisotopic (exact) mass is 378 g/mol. The van der Waals surface area contributed by atoms with Gasteiger partial charge in [-0.05, 0) is 57.1 Å². The number of aryl methyl sites for hydroxylation is 1. The molecule has 0 unspecified atom stereocenters. The van der Waals surface area contributed by atoms with Gasteiger partial charge in [0.15, 0.2) is 0 Å². The zero-order valence-electron chi connectivity index (χ0n) is 15.5. The van der Waals surface area contributed by atoms with Gasteiger partial charge in [-0.1, -0.05) is 11.6 Å². The van der Waals surface area contributed by atoms with Crippen LogP contribution in [0.5, 0.6) is 5.75 Å². The molecule has 1 heterocycles. The number of hydrogen-bond acceptors (Lipinski definition) is 3. The van der Waals surface area contributed by atoms with E-state index >= 15 is 0 Å². The molecule has 1 aromatic rings. The van der Waals surface area contributed by atoms with Crippen LogP contribution in [0.4, 0.5) is 5.69 Å². The van der Waals surface area contributed by atoms with E-state index in [-0.39, 0.29) is 23.7 Å². The Kier molecular flexibility index (Phi) is 6.07. The fraction of sp³-hybridized carbons (Fsp3) is 0.600. The number of rotatable bonds is 4. The van der Waals surface area contributed by atoms with Crippen LogP contribution in [0.25, 0.3) is 0 Å². The van der Waals surface area contributed by atoms with Gasteiger partial charge in [0.05, 0.1) is 12.8 Å². The summed E-state index contributed by atoms with van der Waals surface area (Å²) in [6.07, 6.45) is 5.34. The molecule has 1 aliphatic heterocycles. The van der Waals surface area contributed by atoms with E-state index in [1.807, 2.05) is 17.9 Å². The number of nitrogens with zero attached hydrogens (tertiary/aromatic N) is 1. The maximum Gasteiger partial charge on any atom is 0.227 e. The lowest BCUT2D eigenvalue weighted by Gasteiger charge is -2.30. The van der Waals surface area contributed by atoms with Crippen LogP contribution in [0.2, 0.25) is 5.02 Å². The zero-order chi connectivity index (χ0) is 18.7. The summed E-state index contributed by atoms with van der Waals surface area (Å²) in [5, 5.41) is 3.59. The maximum absolute atomic E-state index is 12.7. The van der Waals surface area contributed by atoms with Gasteiger partial charge in [0, 0.05) is 36.0 Å². The molecule has 1 N–H and O–H groups in total. The molecule has 1 aliphatic carbocycles. The van der Waals surface area contributed by atoms with Gasteiger partial charge in [-0.2, -0.15) is 0 Å². The summed E-state index contributed by atoms with van der Waals surface area (Å²) >= 11 is 6.12. The quantitative estimate of drug-likeness (QED) is 0.860. The first kappa shape index (κ1) is 19.0. The molecular formula is C20H27ClN2O3. The van der Waals surface area contributed by atoms with Crippen molar-refractivity contribution in [3.05, 3.63) is 22.7 Å². The fourth-order valence-electron chi connectivity index (χ4n) is 3.96. The van der Waals surface area contributed by atoms with E-state index in [2.05, 4.69) is 5.32 Å². The van der Waals surface area contributed by atoms with E-state index in [1.165, 1.54) is 0 Å². The van der Waals surface area contributed by atoms with Crippen molar-refractivity contribution in [3.63, 3.8) is 0 Å². The normalized spacial score (nSPS) is 23.0. The molecule has 1 saturated heterocycles. The number of halogens is 1. The number of hydrogen-bond donors (Lipinski definition) is 1. The third-order valence-corrected chi connectivity index (χ3v) is 6.01. The van der Waals surface area contributed by atoms with Crippen LogP contribution < -0.4 is 10.1 Å². The Labute approximate surface area is 160 Å². The molecule has 1 saturated carbocycles. The van der Waals surface area contributed by atoms with Gasteiger partial charge in [0.2, 0.25) is 11.8 Å². The predicted molar refractivity (Wildman–Crippen MR) is 103 cm³/mol. The third kappa shape index (κ3) is 4.14. The number of amides is 2. The number of ether oxygens (including phenoxy) is 1. The van der Waals surface area contributed by atoms with Crippen LogP contribution in [0, 0.1) is 18.8 Å². The van der Waals surface area contributed by atoms with Crippen molar-refractivity contribution in [1.29, 1.82) is 0 Å². The van der Waals surface area contributed by atoms with E-state index in [9.17, 15) is 9.59 Å². The van der Waals surface area contributed by atoms with Crippen molar-refractivity contribution in [1.82, 2.24) is 4.90 Å². The second-order valence-corrected chi connectivity index (χ2v) is 7.78. The summed E-state index contributed by atoms with van der Waals surface area (Å²) in [7, 11) is 1.56. The fourth-order valence-corrected chi connectivity index (χ4v) is 4.12. The zero-order valence-corrected chi connectivity index (χ0v) is 16.3. The van der Waals surface area contributed by atoms with E-state index in [1.54, 1.807) is 13.2 Å². The lowest BCUT2D eigenvalue weighted by atomic mass is 9.81. The van der Waals surface area contributed by atoms with Gasteiger partial charge in [-0.3, -0.25) is 9.59 Å². The molecule has 5 nitrogen and oxygen atoms in total. The largest absolute Gasteiger partial charge is 0.495 e. The molecule has 2 aliphatic rings. The van der Waals surface area contributed by atoms with Crippen molar-refractivity contribution >= 4 is 29.1 Å². The number of likely N-dealkylation sites (tertiary alicyclic amines) is 1. The van der Waals surface area contributed by atoms with Gasteiger partial charge < -0.3 is 15.0 Å². The van der Waals surface area contributed by atoms with Crippen LogP contribution in [0.1, 0.15) is 44.1 Å². The Morgan fingerprint density at radius 1 is 1.12 bits per heavy atom. The Morgan fingerprint density at radius 2 is 1.73 bits per heavy atom. The van der Waals surface area contributed by atoms with Crippen LogP contribution in [0.3, 0.4) is 0 Å². The van der Waals surface area contributed by atoms with Gasteiger partial charge in [0.25, 0.3) is 0 Å². The first-order valence-electron chi connectivity index (χ1n) is 9.43. The minimum absolute atomic E-state index is 0.00269. The number of methoxy groups -OCH3 is 1. The molecule has 2 fully saturated rings. The number of carbonyl (C=O) groups excluding carboxylic acids is 2. The van der Waals surface area contributed by atoms with Crippen LogP contribution in [-0.4, -0.2) is 36.9 Å². The molecule has 6 heteroatoms. The molecule has 142 valence electrons. The average molecular weight is 379 g/mol. The molecule has 3 rings (SSSR count). The average Bonchev–Trinajstić information content (AvgIpc) is 3.18. The highest BCUT2D eigenvalue weighted by Crippen LogP contribution is 2.34. The van der Waals surface area contributed by atoms with E-state index < -0.39 is 0 Å². The summed E-state index contributed by atoms with van der Waals surface area (Å²) in [4.78, 5) is 27.2. The molecule has 0 atom stereocenters. The summed E-state index contributed by atoms with van der Waals surface area (Å²) in [6, 6.07) is 3.56. The summed E-state index contributed by atoms with van der Waals surface area (Å²) in [5.41, 5.74) is 1.54. The molecule has 26 heavy (non-hydrogen) atoms. The van der Waals surface area contributed by atoms with E-state index in [0.29, 0.717) is 16.5 Å². The number of anilines is 1. The number of benzene rings is 1. The van der Waals surface area contributed by atoms with Crippen molar-refractivity contribution < 1.29 is 14.3 Å². The van der Waals surface area contributed by atoms with Gasteiger partial charge >= 0.3 is 0 Å². The summed E-state index contributed by atoms with van der Waals surface area (Å²) < 4.78 is 5.33. The summed E-state index contributed by atoms with van der Waals surface area (Å²) in [6.45, 7) is 3.69. The van der Waals surface area contributed by atoms with Crippen LogP contribution >= 0.6 is 11.6 Å². The lowest BCUT2D eigenvalue weighted by molar-refractivity contribution is -0.136. The minimum Gasteiger partial charge on any atom is -0.495 e. The molecule has 0 spiro atoms. The molecule has 0 aromatic heterocycles. The molecule has 0 bridgehead atoms. The number of nitrogens with one attached hydrogen (secondary N) is 1. The van der Waals surface area contributed by atoms with Crippen molar-refractivity contribution in [2.45, 2.75) is 45.4 Å². The maximum atomic E-state index is 12.7. The lowest BCUT2D eigenvalue weighted by Crippen LogP contribution is -2.37. The topological polar surface area (TPSA) is 58.6 Å². The Morgan fingerprint density at radius 3 is 2.35 bits per heavy atom. The van der Waals surface area contributed by atoms with E-state index in [0.717, 1.165) is 57.2 Å². The highest BCUT2D eigenvalue weighted by Gasteiger charge is 2.33. The Balaban J connectivity index is 1.57. The molecule has 2 amide bonds. The first-order valence-corrected chi connectivity index (χ1v) is 9.81.